The molecule has 0 radical (unpaired) electrons. The van der Waals surface area contributed by atoms with Gasteiger partial charge in [0.25, 0.3) is 0 Å². The van der Waals surface area contributed by atoms with Crippen LogP contribution in [0.15, 0.2) is 34.8 Å². The van der Waals surface area contributed by atoms with Crippen molar-refractivity contribution in [1.29, 1.82) is 0 Å². The van der Waals surface area contributed by atoms with E-state index in [2.05, 4.69) is 47.2 Å². The molecule has 0 fully saturated rings. The van der Waals surface area contributed by atoms with E-state index in [0.29, 0.717) is 22.2 Å². The van der Waals surface area contributed by atoms with Gasteiger partial charge in [-0.1, -0.05) is 30.4 Å². The van der Waals surface area contributed by atoms with Crippen molar-refractivity contribution in [3.63, 3.8) is 0 Å². The van der Waals surface area contributed by atoms with Crippen molar-refractivity contribution in [1.82, 2.24) is 5.32 Å². The van der Waals surface area contributed by atoms with E-state index in [1.165, 1.54) is 11.1 Å². The normalized spacial score (nSPS) is 12.0. The summed E-state index contributed by atoms with van der Waals surface area (Å²) in [7, 11) is 4.80. The highest BCUT2D eigenvalue weighted by molar-refractivity contribution is 9.10. The van der Waals surface area contributed by atoms with Gasteiger partial charge in [0.05, 0.1) is 26.3 Å². The molecule has 0 bridgehead atoms. The van der Waals surface area contributed by atoms with E-state index in [-0.39, 0.29) is 6.04 Å². The van der Waals surface area contributed by atoms with E-state index in [4.69, 9.17) is 26.4 Å². The Labute approximate surface area is 181 Å². The minimum Gasteiger partial charge on any atom is -0.493 e. The van der Waals surface area contributed by atoms with Gasteiger partial charge in [-0.05, 0) is 77.2 Å². The monoisotopic (exact) mass is 463 g/mol. The molecule has 150 valence electrons. The van der Waals surface area contributed by atoms with Crippen LogP contribution in [-0.2, 0) is 0 Å². The molecular weight excluding hydrogens is 438 g/mol. The van der Waals surface area contributed by atoms with Gasteiger partial charge < -0.3 is 19.5 Å². The summed E-state index contributed by atoms with van der Waals surface area (Å²) in [5.74, 6) is 1.81. The smallest absolute Gasteiger partial charge is 0.203 e. The Bertz CT molecular complexity index is 871. The number of hydrogen-bond acceptors (Lipinski definition) is 4. The van der Waals surface area contributed by atoms with Crippen LogP contribution < -0.4 is 19.5 Å². The highest BCUT2D eigenvalue weighted by atomic mass is 79.9. The molecule has 28 heavy (non-hydrogen) atoms. The quantitative estimate of drug-likeness (QED) is 0.415. The first-order chi connectivity index (χ1) is 13.3. The Morgan fingerprint density at radius 1 is 1.07 bits per heavy atom. The number of hydrogen-bond donors (Lipinski definition) is 1. The largest absolute Gasteiger partial charge is 0.493 e. The van der Waals surface area contributed by atoms with Crippen LogP contribution in [0.3, 0.4) is 0 Å². The number of benzene rings is 2. The summed E-state index contributed by atoms with van der Waals surface area (Å²) in [4.78, 5) is 0.645. The molecule has 0 heterocycles. The molecule has 0 saturated heterocycles. The first-order valence-electron chi connectivity index (χ1n) is 8.86. The number of rotatable bonds is 7. The molecule has 4 nitrogen and oxygen atoms in total. The van der Waals surface area contributed by atoms with E-state index in [1.807, 2.05) is 31.2 Å². The molecular formula is C22H26BrNO3S. The first kappa shape index (κ1) is 22.2. The van der Waals surface area contributed by atoms with Gasteiger partial charge in [0.1, 0.15) is 0 Å². The fourth-order valence-corrected chi connectivity index (χ4v) is 3.61. The summed E-state index contributed by atoms with van der Waals surface area (Å²) in [6.07, 6.45) is 3.91. The van der Waals surface area contributed by atoms with Gasteiger partial charge in [-0.25, -0.2) is 0 Å². The number of nitrogens with one attached hydrogen (secondary N) is 1. The Kier molecular flexibility index (Phi) is 7.89. The van der Waals surface area contributed by atoms with Crippen molar-refractivity contribution in [2.24, 2.45) is 0 Å². The predicted octanol–water partition coefficient (Wildman–Crippen LogP) is 5.78. The van der Waals surface area contributed by atoms with Crippen LogP contribution in [0.2, 0.25) is 0 Å². The van der Waals surface area contributed by atoms with Crippen molar-refractivity contribution in [3.05, 3.63) is 57.1 Å². The van der Waals surface area contributed by atoms with Crippen molar-refractivity contribution >= 4 is 39.2 Å². The Balaban J connectivity index is 2.17. The van der Waals surface area contributed by atoms with Crippen LogP contribution in [-0.4, -0.2) is 26.3 Å². The molecule has 0 aromatic heterocycles. The van der Waals surface area contributed by atoms with E-state index in [1.54, 1.807) is 21.3 Å². The fraction of sp³-hybridized carbons (Fsp3) is 0.318. The summed E-state index contributed by atoms with van der Waals surface area (Å²) in [5, 5.41) is 3.33. The lowest BCUT2D eigenvalue weighted by Crippen LogP contribution is -2.23. The SMILES string of the molecule is COc1cc(C(C)NC(=S)/C=C/c2ccc(C)c(C)c2Br)cc(OC)c1OC. The molecule has 0 aliphatic heterocycles. The lowest BCUT2D eigenvalue weighted by Gasteiger charge is -2.19. The van der Waals surface area contributed by atoms with Gasteiger partial charge in [0.15, 0.2) is 11.5 Å². The average Bonchev–Trinajstić information content (AvgIpc) is 2.70. The molecule has 1 N–H and O–H groups in total. The maximum atomic E-state index is 5.50. The maximum absolute atomic E-state index is 5.50. The van der Waals surface area contributed by atoms with Crippen molar-refractivity contribution in [3.8, 4) is 17.2 Å². The van der Waals surface area contributed by atoms with Gasteiger partial charge in [-0.2, -0.15) is 0 Å². The second kappa shape index (κ2) is 9.94. The minimum atomic E-state index is -0.0333. The standard InChI is InChI=1S/C22H26BrNO3S/c1-13-7-8-16(21(23)14(13)2)9-10-20(28)24-15(3)17-11-18(25-4)22(27-6)19(12-17)26-5/h7-12,15H,1-6H3,(H,24,28)/b10-9+. The fourth-order valence-electron chi connectivity index (χ4n) is 2.79. The molecule has 1 unspecified atom stereocenters. The summed E-state index contributed by atoms with van der Waals surface area (Å²) >= 11 is 9.16. The average molecular weight is 464 g/mol. The molecule has 0 saturated carbocycles. The number of halogens is 1. The zero-order valence-electron chi connectivity index (χ0n) is 17.1. The first-order valence-corrected chi connectivity index (χ1v) is 10.1. The lowest BCUT2D eigenvalue weighted by molar-refractivity contribution is 0.323. The van der Waals surface area contributed by atoms with Crippen LogP contribution in [0.4, 0.5) is 0 Å². The van der Waals surface area contributed by atoms with Crippen LogP contribution in [0.5, 0.6) is 17.2 Å². The van der Waals surface area contributed by atoms with Gasteiger partial charge in [0.2, 0.25) is 5.75 Å². The lowest BCUT2D eigenvalue weighted by atomic mass is 10.1. The minimum absolute atomic E-state index is 0.0333. The second-order valence-corrected chi connectivity index (χ2v) is 7.67. The summed E-state index contributed by atoms with van der Waals surface area (Å²) < 4.78 is 17.3. The highest BCUT2D eigenvalue weighted by Crippen LogP contribution is 2.39. The van der Waals surface area contributed by atoms with E-state index >= 15 is 0 Å². The topological polar surface area (TPSA) is 39.7 Å². The van der Waals surface area contributed by atoms with Gasteiger partial charge in [-0.3, -0.25) is 0 Å². The Morgan fingerprint density at radius 2 is 1.68 bits per heavy atom. The summed E-state index contributed by atoms with van der Waals surface area (Å²) in [6, 6.07) is 7.99. The Morgan fingerprint density at radius 3 is 2.21 bits per heavy atom. The number of thiocarbonyl (C=S) groups is 1. The molecule has 6 heteroatoms. The predicted molar refractivity (Wildman–Crippen MR) is 123 cm³/mol. The van der Waals surface area contributed by atoms with E-state index in [9.17, 15) is 0 Å². The van der Waals surface area contributed by atoms with Crippen molar-refractivity contribution in [2.45, 2.75) is 26.8 Å². The molecule has 0 aliphatic carbocycles. The summed E-state index contributed by atoms with van der Waals surface area (Å²) in [5.41, 5.74) is 4.55. The van der Waals surface area contributed by atoms with Crippen LogP contribution in [0.25, 0.3) is 6.08 Å². The third kappa shape index (κ3) is 5.06. The molecule has 2 aromatic carbocycles. The number of methoxy groups -OCH3 is 3. The molecule has 0 aliphatic rings. The van der Waals surface area contributed by atoms with Crippen molar-refractivity contribution in [2.75, 3.05) is 21.3 Å². The van der Waals surface area contributed by atoms with Crippen LogP contribution in [0.1, 0.15) is 35.2 Å². The molecule has 1 atom stereocenters. The second-order valence-electron chi connectivity index (χ2n) is 6.43. The third-order valence-electron chi connectivity index (χ3n) is 4.65. The van der Waals surface area contributed by atoms with Crippen molar-refractivity contribution < 1.29 is 14.2 Å². The maximum Gasteiger partial charge on any atom is 0.203 e. The molecule has 0 spiro atoms. The third-order valence-corrected chi connectivity index (χ3v) is 5.95. The number of aryl methyl sites for hydroxylation is 1. The Hall–Kier alpha value is -2.05. The van der Waals surface area contributed by atoms with Crippen LogP contribution >= 0.6 is 28.1 Å². The van der Waals surface area contributed by atoms with Gasteiger partial charge in [-0.15, -0.1) is 0 Å². The van der Waals surface area contributed by atoms with Crippen LogP contribution in [0, 0.1) is 13.8 Å². The van der Waals surface area contributed by atoms with E-state index < -0.39 is 0 Å². The zero-order valence-corrected chi connectivity index (χ0v) is 19.5. The number of ether oxygens (including phenoxy) is 3. The summed E-state index contributed by atoms with van der Waals surface area (Å²) in [6.45, 7) is 6.23. The molecule has 2 aromatic rings. The highest BCUT2D eigenvalue weighted by Gasteiger charge is 2.16. The van der Waals surface area contributed by atoms with Gasteiger partial charge >= 0.3 is 0 Å². The van der Waals surface area contributed by atoms with Gasteiger partial charge in [0, 0.05) is 10.5 Å². The molecule has 2 rings (SSSR count). The van der Waals surface area contributed by atoms with E-state index in [0.717, 1.165) is 15.6 Å². The molecule has 0 amide bonds. The zero-order chi connectivity index (χ0) is 20.8.